The van der Waals surface area contributed by atoms with Gasteiger partial charge in [-0.3, -0.25) is 14.9 Å². The van der Waals surface area contributed by atoms with Gasteiger partial charge < -0.3 is 9.64 Å². The van der Waals surface area contributed by atoms with Gasteiger partial charge in [-0.15, -0.1) is 0 Å². The Hall–Kier alpha value is -3.29. The molecule has 31 heavy (non-hydrogen) atoms. The van der Waals surface area contributed by atoms with Gasteiger partial charge in [0.25, 0.3) is 5.91 Å². The topological polar surface area (TPSA) is 108 Å². The predicted molar refractivity (Wildman–Crippen MR) is 119 cm³/mol. The zero-order valence-electron chi connectivity index (χ0n) is 16.7. The van der Waals surface area contributed by atoms with Crippen LogP contribution in [0.5, 0.6) is 0 Å². The van der Waals surface area contributed by atoms with Gasteiger partial charge >= 0.3 is 5.97 Å². The fraction of sp³-hybridized carbons (Fsp3) is 0.286. The van der Waals surface area contributed by atoms with Crippen molar-refractivity contribution in [2.45, 2.75) is 12.8 Å². The fourth-order valence-electron chi connectivity index (χ4n) is 3.43. The van der Waals surface area contributed by atoms with E-state index in [-0.39, 0.29) is 17.8 Å². The molecule has 4 heterocycles. The molecule has 0 radical (unpaired) electrons. The number of nitrogens with zero attached hydrogens (tertiary/aromatic N) is 4. The molecule has 3 aromatic heterocycles. The highest BCUT2D eigenvalue weighted by Gasteiger charge is 2.26. The van der Waals surface area contributed by atoms with Crippen LogP contribution in [0.3, 0.4) is 0 Å². The molecule has 0 atom stereocenters. The summed E-state index contributed by atoms with van der Waals surface area (Å²) in [4.78, 5) is 35.7. The van der Waals surface area contributed by atoms with Crippen molar-refractivity contribution >= 4 is 45.5 Å². The number of ether oxygens (including phenoxy) is 1. The van der Waals surface area contributed by atoms with Crippen LogP contribution in [0.25, 0.3) is 11.3 Å². The summed E-state index contributed by atoms with van der Waals surface area (Å²) in [6.45, 7) is 1.42. The number of thiazole rings is 1. The van der Waals surface area contributed by atoms with E-state index in [0.717, 1.165) is 22.7 Å². The first kappa shape index (κ1) is 21.0. The number of esters is 1. The summed E-state index contributed by atoms with van der Waals surface area (Å²) in [6, 6.07) is 7.54. The maximum Gasteiger partial charge on any atom is 0.308 e. The highest BCUT2D eigenvalue weighted by molar-refractivity contribution is 7.16. The van der Waals surface area contributed by atoms with E-state index in [2.05, 4.69) is 26.3 Å². The minimum atomic E-state index is -0.335. The van der Waals surface area contributed by atoms with Gasteiger partial charge in [-0.05, 0) is 36.4 Å². The van der Waals surface area contributed by atoms with E-state index in [9.17, 15) is 14.9 Å². The number of nitrogens with one attached hydrogen (secondary N) is 1. The molecule has 10 heteroatoms. The highest BCUT2D eigenvalue weighted by Crippen LogP contribution is 2.32. The van der Waals surface area contributed by atoms with Gasteiger partial charge in [0.15, 0.2) is 5.13 Å². The number of carbonyl (C=O) groups is 2. The van der Waals surface area contributed by atoms with Gasteiger partial charge in [-0.25, -0.2) is 9.97 Å². The lowest BCUT2D eigenvalue weighted by molar-refractivity contribution is -0.146. The number of aromatic nitrogens is 2. The second-order valence-electron chi connectivity index (χ2n) is 6.96. The third-order valence-corrected chi connectivity index (χ3v) is 6.67. The van der Waals surface area contributed by atoms with Crippen molar-refractivity contribution in [3.8, 4) is 17.3 Å². The van der Waals surface area contributed by atoms with Crippen molar-refractivity contribution in [1.29, 1.82) is 5.26 Å². The number of hydrogen-bond acceptors (Lipinski definition) is 9. The van der Waals surface area contributed by atoms with E-state index < -0.39 is 0 Å². The van der Waals surface area contributed by atoms with Crippen molar-refractivity contribution < 1.29 is 14.3 Å². The monoisotopic (exact) mass is 453 g/mol. The number of nitriles is 1. The van der Waals surface area contributed by atoms with Crippen LogP contribution in [0.4, 0.5) is 10.9 Å². The molecular formula is C21H19N5O3S2. The van der Waals surface area contributed by atoms with Crippen LogP contribution in [-0.4, -0.2) is 42.0 Å². The van der Waals surface area contributed by atoms with E-state index in [1.165, 1.54) is 24.6 Å². The molecule has 1 aliphatic heterocycles. The summed E-state index contributed by atoms with van der Waals surface area (Å²) in [5, 5.41) is 16.3. The third-order valence-electron chi connectivity index (χ3n) is 5.11. The number of pyridine rings is 1. The molecule has 158 valence electrons. The lowest BCUT2D eigenvalue weighted by Gasteiger charge is -2.31. The Bertz CT molecular complexity index is 1110. The molecule has 1 saturated heterocycles. The Morgan fingerprint density at radius 1 is 1.29 bits per heavy atom. The van der Waals surface area contributed by atoms with Crippen molar-refractivity contribution in [1.82, 2.24) is 9.97 Å². The van der Waals surface area contributed by atoms with Crippen LogP contribution < -0.4 is 10.2 Å². The maximum absolute atomic E-state index is 12.6. The van der Waals surface area contributed by atoms with Crippen molar-refractivity contribution in [3.05, 3.63) is 45.6 Å². The first-order valence-corrected chi connectivity index (χ1v) is 11.4. The number of carbonyl (C=O) groups excluding carboxylic acids is 2. The Balaban J connectivity index is 1.40. The van der Waals surface area contributed by atoms with Crippen LogP contribution in [0.2, 0.25) is 0 Å². The summed E-state index contributed by atoms with van der Waals surface area (Å²) in [6.07, 6.45) is 2.96. The standard InChI is InChI=1S/C21H19N5O3S2/c1-29-20(28)13-4-7-26(8-5-13)17-3-2-14(11-23-17)19(27)25-21-24-18(16(10-22)31-21)15-6-9-30-12-15/h2-3,6,9,11-13H,4-5,7-8H2,1H3,(H,24,25,27). The van der Waals surface area contributed by atoms with E-state index in [1.807, 2.05) is 16.8 Å². The number of rotatable bonds is 5. The predicted octanol–water partition coefficient (Wildman–Crippen LogP) is 3.78. The number of piperidine rings is 1. The quantitative estimate of drug-likeness (QED) is 0.586. The summed E-state index contributed by atoms with van der Waals surface area (Å²) >= 11 is 2.67. The number of methoxy groups -OCH3 is 1. The molecule has 4 rings (SSSR count). The first-order chi connectivity index (χ1) is 15.1. The van der Waals surface area contributed by atoms with E-state index in [1.54, 1.807) is 12.1 Å². The summed E-state index contributed by atoms with van der Waals surface area (Å²) < 4.78 is 4.82. The van der Waals surface area contributed by atoms with E-state index in [4.69, 9.17) is 4.74 Å². The molecule has 0 aliphatic carbocycles. The maximum atomic E-state index is 12.6. The smallest absolute Gasteiger partial charge is 0.308 e. The molecule has 0 spiro atoms. The van der Waals surface area contributed by atoms with Crippen LogP contribution in [-0.2, 0) is 9.53 Å². The first-order valence-electron chi connectivity index (χ1n) is 9.62. The molecule has 0 bridgehead atoms. The van der Waals surface area contributed by atoms with Gasteiger partial charge in [-0.2, -0.15) is 16.6 Å². The van der Waals surface area contributed by atoms with Gasteiger partial charge in [0.1, 0.15) is 22.5 Å². The number of hydrogen-bond donors (Lipinski definition) is 1. The Morgan fingerprint density at radius 3 is 2.71 bits per heavy atom. The summed E-state index contributed by atoms with van der Waals surface area (Å²) in [5.74, 6) is 0.199. The number of thiophene rings is 1. The Labute approximate surface area is 187 Å². The average Bonchev–Trinajstić information content (AvgIpc) is 3.48. The molecule has 8 nitrogen and oxygen atoms in total. The zero-order valence-corrected chi connectivity index (χ0v) is 18.3. The molecule has 1 N–H and O–H groups in total. The second kappa shape index (κ2) is 9.24. The van der Waals surface area contributed by atoms with Gasteiger partial charge in [0.05, 0.1) is 18.6 Å². The normalized spacial score (nSPS) is 14.1. The van der Waals surface area contributed by atoms with Crippen LogP contribution in [0.15, 0.2) is 35.2 Å². The molecule has 3 aromatic rings. The minimum Gasteiger partial charge on any atom is -0.469 e. The summed E-state index contributed by atoms with van der Waals surface area (Å²) in [5.41, 5.74) is 1.84. The molecule has 0 unspecified atom stereocenters. The van der Waals surface area contributed by atoms with Crippen LogP contribution >= 0.6 is 22.7 Å². The average molecular weight is 454 g/mol. The van der Waals surface area contributed by atoms with E-state index >= 15 is 0 Å². The summed E-state index contributed by atoms with van der Waals surface area (Å²) in [7, 11) is 1.41. The SMILES string of the molecule is COC(=O)C1CCN(c2ccc(C(=O)Nc3nc(-c4ccsc4)c(C#N)s3)cn2)CC1. The Morgan fingerprint density at radius 2 is 2.10 bits per heavy atom. The van der Waals surface area contributed by atoms with Gasteiger partial charge in [0.2, 0.25) is 0 Å². The minimum absolute atomic E-state index is 0.0677. The van der Waals surface area contributed by atoms with Crippen molar-refractivity contribution in [2.24, 2.45) is 5.92 Å². The fourth-order valence-corrected chi connectivity index (χ4v) is 4.85. The third kappa shape index (κ3) is 4.57. The lowest BCUT2D eigenvalue weighted by Crippen LogP contribution is -2.37. The molecule has 0 aromatic carbocycles. The van der Waals surface area contributed by atoms with Crippen molar-refractivity contribution in [3.63, 3.8) is 0 Å². The van der Waals surface area contributed by atoms with Gasteiger partial charge in [0, 0.05) is 30.2 Å². The molecule has 1 aliphatic rings. The van der Waals surface area contributed by atoms with Gasteiger partial charge in [-0.1, -0.05) is 11.3 Å². The molecular weight excluding hydrogens is 434 g/mol. The largest absolute Gasteiger partial charge is 0.469 e. The van der Waals surface area contributed by atoms with Crippen molar-refractivity contribution in [2.75, 3.05) is 30.4 Å². The van der Waals surface area contributed by atoms with Crippen LogP contribution in [0.1, 0.15) is 28.1 Å². The molecule has 1 amide bonds. The van der Waals surface area contributed by atoms with E-state index in [0.29, 0.717) is 47.2 Å². The number of anilines is 2. The molecule has 0 saturated carbocycles. The molecule has 1 fully saturated rings. The highest BCUT2D eigenvalue weighted by atomic mass is 32.1. The second-order valence-corrected chi connectivity index (χ2v) is 8.74. The van der Waals surface area contributed by atoms with Crippen LogP contribution in [0, 0.1) is 17.2 Å². The Kier molecular flexibility index (Phi) is 6.25. The zero-order chi connectivity index (χ0) is 21.8. The lowest BCUT2D eigenvalue weighted by atomic mass is 9.97. The number of amides is 1.